The molecule has 0 saturated carbocycles. The number of aliphatic hydroxyl groups excluding tert-OH is 1. The average Bonchev–Trinajstić information content (AvgIpc) is 2.26. The van der Waals surface area contributed by atoms with Crippen molar-refractivity contribution >= 4 is 11.7 Å². The molecule has 1 aromatic rings. The summed E-state index contributed by atoms with van der Waals surface area (Å²) < 4.78 is 4.44. The molecule has 1 N–H and O–H groups in total. The first-order valence-electron chi connectivity index (χ1n) is 4.07. The van der Waals surface area contributed by atoms with Crippen molar-refractivity contribution < 1.29 is 19.6 Å². The summed E-state index contributed by atoms with van der Waals surface area (Å²) in [6, 6.07) is 3.95. The number of nitro groups is 1. The molecule has 1 rings (SSSR count). The Hall–Kier alpha value is -1.95. The molecule has 0 aromatic heterocycles. The molecule has 0 aliphatic heterocycles. The average molecular weight is 211 g/mol. The van der Waals surface area contributed by atoms with Gasteiger partial charge in [-0.15, -0.1) is 0 Å². The van der Waals surface area contributed by atoms with Crippen molar-refractivity contribution in [3.8, 4) is 0 Å². The number of hydrogen-bond donors (Lipinski definition) is 1. The van der Waals surface area contributed by atoms with E-state index in [1.54, 1.807) is 0 Å². The number of hydrogen-bond acceptors (Lipinski definition) is 5. The summed E-state index contributed by atoms with van der Waals surface area (Å²) in [5.74, 6) is -0.706. The molecule has 0 unspecified atom stereocenters. The zero-order valence-corrected chi connectivity index (χ0v) is 7.97. The van der Waals surface area contributed by atoms with Gasteiger partial charge in [-0.3, -0.25) is 10.1 Å². The van der Waals surface area contributed by atoms with Gasteiger partial charge in [-0.1, -0.05) is 6.07 Å². The first kappa shape index (κ1) is 11.1. The highest BCUT2D eigenvalue weighted by atomic mass is 16.6. The van der Waals surface area contributed by atoms with Gasteiger partial charge < -0.3 is 9.84 Å². The van der Waals surface area contributed by atoms with Crippen molar-refractivity contribution in [2.45, 2.75) is 6.61 Å². The summed E-state index contributed by atoms with van der Waals surface area (Å²) in [7, 11) is 1.17. The van der Waals surface area contributed by atoms with Gasteiger partial charge >= 0.3 is 5.97 Å². The van der Waals surface area contributed by atoms with Gasteiger partial charge in [0.05, 0.1) is 29.8 Å². The summed E-state index contributed by atoms with van der Waals surface area (Å²) in [5.41, 5.74) is -0.316. The van der Waals surface area contributed by atoms with Crippen molar-refractivity contribution in [2.24, 2.45) is 0 Å². The van der Waals surface area contributed by atoms with Crippen molar-refractivity contribution in [2.75, 3.05) is 7.11 Å². The van der Waals surface area contributed by atoms with Crippen LogP contribution in [0.15, 0.2) is 18.2 Å². The van der Waals surface area contributed by atoms with E-state index in [-0.39, 0.29) is 16.8 Å². The predicted octanol–water partition coefficient (Wildman–Crippen LogP) is 0.874. The number of nitro benzene ring substituents is 1. The van der Waals surface area contributed by atoms with Crippen LogP contribution in [0.2, 0.25) is 0 Å². The lowest BCUT2D eigenvalue weighted by molar-refractivity contribution is -0.385. The molecule has 80 valence electrons. The lowest BCUT2D eigenvalue weighted by Crippen LogP contribution is -2.08. The molecule has 0 heterocycles. The highest BCUT2D eigenvalue weighted by Crippen LogP contribution is 2.22. The third-order valence-electron chi connectivity index (χ3n) is 1.91. The van der Waals surface area contributed by atoms with Gasteiger partial charge in [0.15, 0.2) is 0 Å². The quantitative estimate of drug-likeness (QED) is 0.455. The maximum absolute atomic E-state index is 11.2. The van der Waals surface area contributed by atoms with Gasteiger partial charge in [-0.2, -0.15) is 0 Å². The molecule has 0 atom stereocenters. The largest absolute Gasteiger partial charge is 0.465 e. The van der Waals surface area contributed by atoms with Crippen molar-refractivity contribution in [3.63, 3.8) is 0 Å². The maximum atomic E-state index is 11.2. The van der Waals surface area contributed by atoms with Crippen LogP contribution in [0.3, 0.4) is 0 Å². The first-order chi connectivity index (χ1) is 7.11. The lowest BCUT2D eigenvalue weighted by Gasteiger charge is -2.05. The van der Waals surface area contributed by atoms with E-state index in [2.05, 4.69) is 4.74 Å². The lowest BCUT2D eigenvalue weighted by atomic mass is 10.1. The predicted molar refractivity (Wildman–Crippen MR) is 50.4 cm³/mol. The SMILES string of the molecule is COC(=O)c1cccc([N+](=O)[O-])c1CO. The number of esters is 1. The summed E-state index contributed by atoms with van der Waals surface area (Å²) in [6.07, 6.45) is 0. The van der Waals surface area contributed by atoms with Gasteiger partial charge in [-0.25, -0.2) is 4.79 Å². The normalized spacial score (nSPS) is 9.73. The summed E-state index contributed by atoms with van der Waals surface area (Å²) in [5, 5.41) is 19.6. The van der Waals surface area contributed by atoms with Crippen LogP contribution < -0.4 is 0 Å². The van der Waals surface area contributed by atoms with Crippen molar-refractivity contribution in [1.82, 2.24) is 0 Å². The van der Waals surface area contributed by atoms with Crippen LogP contribution in [0.5, 0.6) is 0 Å². The van der Waals surface area contributed by atoms with Gasteiger partial charge in [0.25, 0.3) is 5.69 Å². The Labute approximate surface area is 85.2 Å². The Morgan fingerprint density at radius 3 is 2.73 bits per heavy atom. The smallest absolute Gasteiger partial charge is 0.338 e. The van der Waals surface area contributed by atoms with E-state index in [1.807, 2.05) is 0 Å². The molecule has 0 aliphatic carbocycles. The Morgan fingerprint density at radius 2 is 2.27 bits per heavy atom. The van der Waals surface area contributed by atoms with E-state index in [1.165, 1.54) is 25.3 Å². The summed E-state index contributed by atoms with van der Waals surface area (Å²) in [6.45, 7) is -0.582. The molecule has 0 aliphatic rings. The Bertz CT molecular complexity index is 401. The van der Waals surface area contributed by atoms with E-state index >= 15 is 0 Å². The molecule has 0 saturated heterocycles. The highest BCUT2D eigenvalue weighted by Gasteiger charge is 2.20. The second-order valence-corrected chi connectivity index (χ2v) is 2.71. The standard InChI is InChI=1S/C9H9NO5/c1-15-9(12)6-3-2-4-8(10(13)14)7(6)5-11/h2-4,11H,5H2,1H3. The van der Waals surface area contributed by atoms with Crippen molar-refractivity contribution in [3.05, 3.63) is 39.4 Å². The molecule has 15 heavy (non-hydrogen) atoms. The number of benzene rings is 1. The second kappa shape index (κ2) is 4.52. The number of nitrogens with zero attached hydrogens (tertiary/aromatic N) is 1. The van der Waals surface area contributed by atoms with E-state index in [4.69, 9.17) is 5.11 Å². The number of rotatable bonds is 3. The molecule has 0 bridgehead atoms. The van der Waals surface area contributed by atoms with Gasteiger partial charge in [0.1, 0.15) is 0 Å². The van der Waals surface area contributed by atoms with Crippen LogP contribution >= 0.6 is 0 Å². The number of carbonyl (C=O) groups excluding carboxylic acids is 1. The molecule has 0 spiro atoms. The van der Waals surface area contributed by atoms with E-state index in [0.29, 0.717) is 0 Å². The molecule has 0 amide bonds. The minimum Gasteiger partial charge on any atom is -0.465 e. The van der Waals surface area contributed by atoms with Crippen molar-refractivity contribution in [1.29, 1.82) is 0 Å². The Balaban J connectivity index is 3.34. The number of carbonyl (C=O) groups is 1. The Kier molecular flexibility index (Phi) is 3.35. The molecule has 6 nitrogen and oxygen atoms in total. The fraction of sp³-hybridized carbons (Fsp3) is 0.222. The van der Waals surface area contributed by atoms with Crippen LogP contribution in [0, 0.1) is 10.1 Å². The molecular formula is C9H9NO5. The summed E-state index contributed by atoms with van der Waals surface area (Å²) >= 11 is 0. The van der Waals surface area contributed by atoms with Gasteiger partial charge in [0.2, 0.25) is 0 Å². The van der Waals surface area contributed by atoms with Gasteiger partial charge in [0, 0.05) is 6.07 Å². The topological polar surface area (TPSA) is 89.7 Å². The van der Waals surface area contributed by atoms with Crippen LogP contribution in [0.4, 0.5) is 5.69 Å². The summed E-state index contributed by atoms with van der Waals surface area (Å²) in [4.78, 5) is 21.1. The number of methoxy groups -OCH3 is 1. The van der Waals surface area contributed by atoms with Crippen LogP contribution in [-0.4, -0.2) is 23.1 Å². The third-order valence-corrected chi connectivity index (χ3v) is 1.91. The zero-order chi connectivity index (χ0) is 11.4. The molecule has 0 fully saturated rings. The van der Waals surface area contributed by atoms with E-state index < -0.39 is 17.5 Å². The zero-order valence-electron chi connectivity index (χ0n) is 7.97. The van der Waals surface area contributed by atoms with E-state index in [0.717, 1.165) is 0 Å². The fourth-order valence-electron chi connectivity index (χ4n) is 1.21. The van der Waals surface area contributed by atoms with Crippen LogP contribution in [0.25, 0.3) is 0 Å². The minimum atomic E-state index is -0.706. The molecular weight excluding hydrogens is 202 g/mol. The number of aliphatic hydroxyl groups is 1. The maximum Gasteiger partial charge on any atom is 0.338 e. The fourth-order valence-corrected chi connectivity index (χ4v) is 1.21. The van der Waals surface area contributed by atoms with E-state index in [9.17, 15) is 14.9 Å². The Morgan fingerprint density at radius 1 is 1.60 bits per heavy atom. The minimum absolute atomic E-state index is 0.00852. The molecule has 6 heteroatoms. The van der Waals surface area contributed by atoms with Crippen LogP contribution in [-0.2, 0) is 11.3 Å². The molecule has 1 aromatic carbocycles. The van der Waals surface area contributed by atoms with Crippen LogP contribution in [0.1, 0.15) is 15.9 Å². The first-order valence-corrected chi connectivity index (χ1v) is 4.07. The number of ether oxygens (including phenoxy) is 1. The highest BCUT2D eigenvalue weighted by molar-refractivity contribution is 5.92. The molecule has 0 radical (unpaired) electrons. The monoisotopic (exact) mass is 211 g/mol. The van der Waals surface area contributed by atoms with Gasteiger partial charge in [-0.05, 0) is 6.07 Å². The second-order valence-electron chi connectivity index (χ2n) is 2.71. The third kappa shape index (κ3) is 2.10.